The van der Waals surface area contributed by atoms with Crippen LogP contribution in [0.3, 0.4) is 0 Å². The van der Waals surface area contributed by atoms with E-state index in [9.17, 15) is 10.2 Å². The summed E-state index contributed by atoms with van der Waals surface area (Å²) in [7, 11) is 0. The van der Waals surface area contributed by atoms with E-state index < -0.39 is 37.0 Å². The van der Waals surface area contributed by atoms with Gasteiger partial charge in [-0.25, -0.2) is 0 Å². The first kappa shape index (κ1) is 20.1. The Morgan fingerprint density at radius 3 is 1.39 bits per heavy atom. The lowest BCUT2D eigenvalue weighted by Crippen LogP contribution is -2.44. The SMILES string of the molecule is OC[C@@H]1OC(c2ccccc2Cl)O[C@@H]1[C@H]1OC(c2ccccc2Cl)O[C@@H]1CO. The van der Waals surface area contributed by atoms with Crippen LogP contribution >= 0.6 is 23.2 Å². The molecule has 2 aromatic carbocycles. The Labute approximate surface area is 172 Å². The number of hydrogen-bond acceptors (Lipinski definition) is 6. The molecule has 2 saturated heterocycles. The summed E-state index contributed by atoms with van der Waals surface area (Å²) >= 11 is 12.5. The van der Waals surface area contributed by atoms with Crippen LogP contribution in [0.5, 0.6) is 0 Å². The third-order valence-electron chi connectivity index (χ3n) is 4.89. The number of halogens is 2. The first-order chi connectivity index (χ1) is 13.6. The van der Waals surface area contributed by atoms with Gasteiger partial charge in [0.15, 0.2) is 12.6 Å². The van der Waals surface area contributed by atoms with Crippen molar-refractivity contribution in [3.8, 4) is 0 Å². The molecule has 2 aliphatic rings. The van der Waals surface area contributed by atoms with Gasteiger partial charge in [0.05, 0.1) is 13.2 Å². The Hall–Kier alpha value is -1.22. The van der Waals surface area contributed by atoms with Crippen LogP contribution in [0.4, 0.5) is 0 Å². The lowest BCUT2D eigenvalue weighted by atomic mass is 10.0. The summed E-state index contributed by atoms with van der Waals surface area (Å²) in [5.41, 5.74) is 1.32. The minimum absolute atomic E-state index is 0.277. The molecule has 2 N–H and O–H groups in total. The van der Waals surface area contributed by atoms with Crippen molar-refractivity contribution in [3.63, 3.8) is 0 Å². The fraction of sp³-hybridized carbons (Fsp3) is 0.400. The number of benzene rings is 2. The third kappa shape index (κ3) is 3.79. The van der Waals surface area contributed by atoms with Crippen molar-refractivity contribution in [2.75, 3.05) is 13.2 Å². The molecule has 2 unspecified atom stereocenters. The monoisotopic (exact) mass is 426 g/mol. The van der Waals surface area contributed by atoms with E-state index in [-0.39, 0.29) is 13.2 Å². The molecule has 2 aromatic rings. The molecule has 2 heterocycles. The van der Waals surface area contributed by atoms with Gasteiger partial charge in [0, 0.05) is 21.2 Å². The number of aliphatic hydroxyl groups is 2. The van der Waals surface area contributed by atoms with Gasteiger partial charge in [-0.2, -0.15) is 0 Å². The highest BCUT2D eigenvalue weighted by Crippen LogP contribution is 2.42. The van der Waals surface area contributed by atoms with Crippen LogP contribution in [0.2, 0.25) is 10.0 Å². The Morgan fingerprint density at radius 2 is 1.04 bits per heavy atom. The summed E-state index contributed by atoms with van der Waals surface area (Å²) in [4.78, 5) is 0. The van der Waals surface area contributed by atoms with Crippen LogP contribution in [-0.2, 0) is 18.9 Å². The van der Waals surface area contributed by atoms with Crippen molar-refractivity contribution in [3.05, 3.63) is 69.7 Å². The summed E-state index contributed by atoms with van der Waals surface area (Å²) in [6.07, 6.45) is -4.13. The van der Waals surface area contributed by atoms with Crippen LogP contribution in [-0.4, -0.2) is 47.8 Å². The summed E-state index contributed by atoms with van der Waals surface area (Å²) < 4.78 is 23.8. The summed E-state index contributed by atoms with van der Waals surface area (Å²) in [5.74, 6) is 0. The van der Waals surface area contributed by atoms with Crippen molar-refractivity contribution in [1.82, 2.24) is 0 Å². The first-order valence-electron chi connectivity index (χ1n) is 8.94. The second-order valence-corrected chi connectivity index (χ2v) is 7.44. The van der Waals surface area contributed by atoms with Crippen LogP contribution < -0.4 is 0 Å². The molecule has 0 spiro atoms. The van der Waals surface area contributed by atoms with E-state index in [2.05, 4.69) is 0 Å². The highest BCUT2D eigenvalue weighted by molar-refractivity contribution is 6.31. The molecule has 0 radical (unpaired) electrons. The molecule has 2 fully saturated rings. The largest absolute Gasteiger partial charge is 0.394 e. The smallest absolute Gasteiger partial charge is 0.186 e. The Balaban J connectivity index is 1.56. The van der Waals surface area contributed by atoms with E-state index in [1.807, 2.05) is 24.3 Å². The minimum atomic E-state index is -0.752. The van der Waals surface area contributed by atoms with Crippen LogP contribution in [0.15, 0.2) is 48.5 Å². The summed E-state index contributed by atoms with van der Waals surface area (Å²) in [5, 5.41) is 20.6. The van der Waals surface area contributed by atoms with Crippen LogP contribution in [0.25, 0.3) is 0 Å². The Morgan fingerprint density at radius 1 is 0.643 bits per heavy atom. The van der Waals surface area contributed by atoms with Gasteiger partial charge in [-0.1, -0.05) is 59.6 Å². The maximum Gasteiger partial charge on any atom is 0.186 e. The van der Waals surface area contributed by atoms with E-state index in [0.29, 0.717) is 21.2 Å². The second kappa shape index (κ2) is 8.65. The molecule has 0 aliphatic carbocycles. The molecule has 28 heavy (non-hydrogen) atoms. The standard InChI is InChI=1S/C20H20Cl2O6/c21-13-7-3-1-5-11(13)19-25-15(9-23)17(27-19)18-16(10-24)26-20(28-18)12-6-2-4-8-14(12)22/h1-8,15-20,23-24H,9-10H2/t15-,16+,17-,18-,19?,20?/m0/s1. The molecular weight excluding hydrogens is 407 g/mol. The molecular formula is C20H20Cl2O6. The average molecular weight is 427 g/mol. The van der Waals surface area contributed by atoms with E-state index >= 15 is 0 Å². The summed E-state index contributed by atoms with van der Waals surface area (Å²) in [6, 6.07) is 14.4. The molecule has 0 bridgehead atoms. The topological polar surface area (TPSA) is 77.4 Å². The van der Waals surface area contributed by atoms with Gasteiger partial charge >= 0.3 is 0 Å². The summed E-state index contributed by atoms with van der Waals surface area (Å²) in [6.45, 7) is -0.555. The van der Waals surface area contributed by atoms with E-state index in [0.717, 1.165) is 0 Å². The predicted molar refractivity (Wildman–Crippen MR) is 102 cm³/mol. The third-order valence-corrected chi connectivity index (χ3v) is 5.58. The minimum Gasteiger partial charge on any atom is -0.394 e. The van der Waals surface area contributed by atoms with E-state index in [1.54, 1.807) is 24.3 Å². The van der Waals surface area contributed by atoms with Gasteiger partial charge in [-0.05, 0) is 12.1 Å². The Kier molecular flexibility index (Phi) is 6.20. The molecule has 8 heteroatoms. The highest BCUT2D eigenvalue weighted by atomic mass is 35.5. The molecule has 0 saturated carbocycles. The van der Waals surface area contributed by atoms with Crippen molar-refractivity contribution >= 4 is 23.2 Å². The van der Waals surface area contributed by atoms with E-state index in [4.69, 9.17) is 42.1 Å². The van der Waals surface area contributed by atoms with Gasteiger partial charge in [0.1, 0.15) is 24.4 Å². The van der Waals surface area contributed by atoms with Crippen molar-refractivity contribution in [1.29, 1.82) is 0 Å². The lowest BCUT2D eigenvalue weighted by Gasteiger charge is -2.23. The van der Waals surface area contributed by atoms with Crippen LogP contribution in [0, 0.1) is 0 Å². The molecule has 150 valence electrons. The zero-order valence-electron chi connectivity index (χ0n) is 14.8. The van der Waals surface area contributed by atoms with Gasteiger partial charge in [-0.3, -0.25) is 0 Å². The second-order valence-electron chi connectivity index (χ2n) is 6.62. The predicted octanol–water partition coefficient (Wildman–Crippen LogP) is 3.24. The molecule has 0 amide bonds. The van der Waals surface area contributed by atoms with E-state index in [1.165, 1.54) is 0 Å². The van der Waals surface area contributed by atoms with Gasteiger partial charge in [0.2, 0.25) is 0 Å². The number of aliphatic hydroxyl groups excluding tert-OH is 2. The maximum atomic E-state index is 9.80. The van der Waals surface area contributed by atoms with Crippen molar-refractivity contribution in [2.45, 2.75) is 37.0 Å². The number of ether oxygens (including phenoxy) is 4. The Bertz CT molecular complexity index is 751. The van der Waals surface area contributed by atoms with Gasteiger partial charge in [0.25, 0.3) is 0 Å². The molecule has 6 atom stereocenters. The number of hydrogen-bond donors (Lipinski definition) is 2. The maximum absolute atomic E-state index is 9.80. The quantitative estimate of drug-likeness (QED) is 0.763. The normalized spacial score (nSPS) is 32.7. The number of rotatable bonds is 5. The molecule has 6 nitrogen and oxygen atoms in total. The zero-order valence-corrected chi connectivity index (χ0v) is 16.3. The molecule has 4 rings (SSSR count). The fourth-order valence-electron chi connectivity index (χ4n) is 3.49. The molecule has 2 aliphatic heterocycles. The van der Waals surface area contributed by atoms with Crippen molar-refractivity contribution < 1.29 is 29.2 Å². The van der Waals surface area contributed by atoms with Crippen molar-refractivity contribution in [2.24, 2.45) is 0 Å². The first-order valence-corrected chi connectivity index (χ1v) is 9.70. The highest BCUT2D eigenvalue weighted by Gasteiger charge is 2.50. The van der Waals surface area contributed by atoms with Gasteiger partial charge < -0.3 is 29.2 Å². The lowest BCUT2D eigenvalue weighted by molar-refractivity contribution is -0.107. The van der Waals surface area contributed by atoms with Crippen LogP contribution in [0.1, 0.15) is 23.7 Å². The molecule has 0 aromatic heterocycles. The zero-order chi connectivity index (χ0) is 19.7. The fourth-order valence-corrected chi connectivity index (χ4v) is 3.94. The van der Waals surface area contributed by atoms with Gasteiger partial charge in [-0.15, -0.1) is 0 Å². The average Bonchev–Trinajstić information content (AvgIpc) is 3.32.